The molecule has 0 amide bonds. The van der Waals surface area contributed by atoms with E-state index >= 15 is 0 Å². The van der Waals surface area contributed by atoms with E-state index in [4.69, 9.17) is 4.74 Å². The summed E-state index contributed by atoms with van der Waals surface area (Å²) in [4.78, 5) is 8.45. The van der Waals surface area contributed by atoms with E-state index in [-0.39, 0.29) is 0 Å². The van der Waals surface area contributed by atoms with Gasteiger partial charge in [-0.25, -0.2) is 4.98 Å². The molecule has 22 heavy (non-hydrogen) atoms. The van der Waals surface area contributed by atoms with Crippen LogP contribution in [0.3, 0.4) is 0 Å². The molecule has 0 aromatic carbocycles. The van der Waals surface area contributed by atoms with E-state index in [1.165, 1.54) is 23.3 Å². The van der Waals surface area contributed by atoms with Crippen molar-refractivity contribution in [2.45, 2.75) is 37.7 Å². The van der Waals surface area contributed by atoms with Crippen LogP contribution < -0.4 is 4.74 Å². The van der Waals surface area contributed by atoms with E-state index < -0.39 is 0 Å². The summed E-state index contributed by atoms with van der Waals surface area (Å²) in [5.74, 6) is 1.55. The maximum atomic E-state index is 6.05. The number of ether oxygens (including phenoxy) is 1. The lowest BCUT2D eigenvalue weighted by atomic mass is 10.2. The monoisotopic (exact) mass is 314 g/mol. The Balaban J connectivity index is 1.25. The van der Waals surface area contributed by atoms with Crippen molar-refractivity contribution in [2.24, 2.45) is 0 Å². The molecule has 4 heteroatoms. The highest BCUT2D eigenvalue weighted by molar-refractivity contribution is 7.09. The van der Waals surface area contributed by atoms with Gasteiger partial charge >= 0.3 is 0 Å². The van der Waals surface area contributed by atoms with Crippen LogP contribution in [0.25, 0.3) is 0 Å². The van der Waals surface area contributed by atoms with Gasteiger partial charge in [-0.05, 0) is 48.6 Å². The number of pyridine rings is 1. The van der Waals surface area contributed by atoms with Gasteiger partial charge in [-0.1, -0.05) is 12.1 Å². The average Bonchev–Trinajstić information content (AvgIpc) is 3.08. The molecule has 1 saturated carbocycles. The first-order valence-corrected chi connectivity index (χ1v) is 9.12. The van der Waals surface area contributed by atoms with Gasteiger partial charge in [0, 0.05) is 36.8 Å². The molecule has 2 aliphatic rings. The van der Waals surface area contributed by atoms with Crippen LogP contribution in [0.2, 0.25) is 0 Å². The predicted octanol–water partition coefficient (Wildman–Crippen LogP) is 3.72. The highest BCUT2D eigenvalue weighted by atomic mass is 32.1. The second-order valence-electron chi connectivity index (χ2n) is 6.36. The number of hydrogen-bond acceptors (Lipinski definition) is 4. The van der Waals surface area contributed by atoms with Crippen molar-refractivity contribution in [2.75, 3.05) is 19.6 Å². The Labute approximate surface area is 135 Å². The average molecular weight is 314 g/mol. The Hall–Kier alpha value is -1.39. The Morgan fingerprint density at radius 3 is 2.91 bits per heavy atom. The molecular weight excluding hydrogens is 292 g/mol. The Morgan fingerprint density at radius 1 is 1.23 bits per heavy atom. The van der Waals surface area contributed by atoms with Gasteiger partial charge in [0.2, 0.25) is 5.88 Å². The van der Waals surface area contributed by atoms with Crippen molar-refractivity contribution in [3.63, 3.8) is 0 Å². The number of nitrogens with zero attached hydrogens (tertiary/aromatic N) is 2. The van der Waals surface area contributed by atoms with E-state index in [0.717, 1.165) is 44.3 Å². The van der Waals surface area contributed by atoms with E-state index in [2.05, 4.69) is 33.5 Å². The van der Waals surface area contributed by atoms with Crippen LogP contribution in [0, 0.1) is 0 Å². The van der Waals surface area contributed by atoms with Gasteiger partial charge in [-0.15, -0.1) is 11.3 Å². The molecule has 3 heterocycles. The van der Waals surface area contributed by atoms with E-state index in [0.29, 0.717) is 6.10 Å². The first-order valence-electron chi connectivity index (χ1n) is 8.24. The first kappa shape index (κ1) is 14.2. The molecule has 1 aliphatic carbocycles. The summed E-state index contributed by atoms with van der Waals surface area (Å²) >= 11 is 1.85. The van der Waals surface area contributed by atoms with Gasteiger partial charge in [0.05, 0.1) is 0 Å². The van der Waals surface area contributed by atoms with Crippen LogP contribution in [-0.2, 0) is 6.42 Å². The second-order valence-corrected chi connectivity index (χ2v) is 7.39. The summed E-state index contributed by atoms with van der Waals surface area (Å²) in [7, 11) is 0. The minimum atomic E-state index is 0.294. The first-order chi connectivity index (χ1) is 10.9. The fourth-order valence-corrected chi connectivity index (χ4v) is 3.81. The van der Waals surface area contributed by atoms with Gasteiger partial charge in [0.25, 0.3) is 0 Å². The minimum Gasteiger partial charge on any atom is -0.473 e. The molecule has 2 aromatic rings. The maximum Gasteiger partial charge on any atom is 0.213 e. The molecule has 0 bridgehead atoms. The summed E-state index contributed by atoms with van der Waals surface area (Å²) < 4.78 is 6.05. The lowest BCUT2D eigenvalue weighted by Gasteiger charge is -2.16. The van der Waals surface area contributed by atoms with Crippen LogP contribution in [-0.4, -0.2) is 35.6 Å². The standard InChI is InChI=1S/C18H22N2OS/c1-2-17(22-11-1)8-10-20-9-7-16(13-20)21-18-6-5-15(12-19-18)14-3-4-14/h1-2,5-6,11-12,14,16H,3-4,7-10,13H2. The normalized spacial score (nSPS) is 22.1. The van der Waals surface area contributed by atoms with Gasteiger partial charge in [0.15, 0.2) is 0 Å². The second kappa shape index (κ2) is 6.39. The van der Waals surface area contributed by atoms with Gasteiger partial charge in [-0.2, -0.15) is 0 Å². The molecule has 0 radical (unpaired) electrons. The van der Waals surface area contributed by atoms with Gasteiger partial charge < -0.3 is 4.74 Å². The third-order valence-electron chi connectivity index (χ3n) is 4.58. The zero-order valence-corrected chi connectivity index (χ0v) is 13.6. The molecule has 0 N–H and O–H groups in total. The summed E-state index contributed by atoms with van der Waals surface area (Å²) in [6, 6.07) is 8.58. The largest absolute Gasteiger partial charge is 0.473 e. The van der Waals surface area contributed by atoms with Crippen molar-refractivity contribution < 1.29 is 4.74 Å². The van der Waals surface area contributed by atoms with Crippen molar-refractivity contribution in [3.05, 3.63) is 46.3 Å². The number of hydrogen-bond donors (Lipinski definition) is 0. The molecule has 2 aromatic heterocycles. The molecule has 1 unspecified atom stereocenters. The third-order valence-corrected chi connectivity index (χ3v) is 5.52. The van der Waals surface area contributed by atoms with E-state index in [1.54, 1.807) is 0 Å². The fourth-order valence-electron chi connectivity index (χ4n) is 3.11. The molecule has 3 nitrogen and oxygen atoms in total. The molecule has 2 fully saturated rings. The zero-order chi connectivity index (χ0) is 14.8. The minimum absolute atomic E-state index is 0.294. The van der Waals surface area contributed by atoms with E-state index in [1.807, 2.05) is 23.6 Å². The van der Waals surface area contributed by atoms with Crippen molar-refractivity contribution in [1.29, 1.82) is 0 Å². The quantitative estimate of drug-likeness (QED) is 0.812. The third kappa shape index (κ3) is 3.50. The number of rotatable bonds is 6. The van der Waals surface area contributed by atoms with Crippen LogP contribution in [0.15, 0.2) is 35.8 Å². The smallest absolute Gasteiger partial charge is 0.213 e. The molecular formula is C18H22N2OS. The van der Waals surface area contributed by atoms with Gasteiger partial charge in [-0.3, -0.25) is 4.90 Å². The van der Waals surface area contributed by atoms with Crippen LogP contribution in [0.1, 0.15) is 35.6 Å². The van der Waals surface area contributed by atoms with Crippen LogP contribution in [0.4, 0.5) is 0 Å². The number of likely N-dealkylation sites (tertiary alicyclic amines) is 1. The Kier molecular flexibility index (Phi) is 4.13. The van der Waals surface area contributed by atoms with Crippen molar-refractivity contribution in [3.8, 4) is 5.88 Å². The summed E-state index contributed by atoms with van der Waals surface area (Å²) in [6.45, 7) is 3.29. The van der Waals surface area contributed by atoms with Crippen LogP contribution >= 0.6 is 11.3 Å². The molecule has 1 aliphatic heterocycles. The summed E-state index contributed by atoms with van der Waals surface area (Å²) in [5, 5.41) is 2.15. The van der Waals surface area contributed by atoms with E-state index in [9.17, 15) is 0 Å². The fraction of sp³-hybridized carbons (Fsp3) is 0.500. The van der Waals surface area contributed by atoms with Gasteiger partial charge in [0.1, 0.15) is 6.10 Å². The summed E-state index contributed by atoms with van der Waals surface area (Å²) in [6.07, 6.45) is 7.20. The predicted molar refractivity (Wildman–Crippen MR) is 89.7 cm³/mol. The molecule has 4 rings (SSSR count). The topological polar surface area (TPSA) is 25.4 Å². The summed E-state index contributed by atoms with van der Waals surface area (Å²) in [5.41, 5.74) is 1.37. The number of aromatic nitrogens is 1. The Bertz CT molecular complexity index is 592. The highest BCUT2D eigenvalue weighted by Gasteiger charge is 2.25. The molecule has 116 valence electrons. The SMILES string of the molecule is c1csc(CCN2CCC(Oc3ccc(C4CC4)cn3)C2)c1. The zero-order valence-electron chi connectivity index (χ0n) is 12.8. The van der Waals surface area contributed by atoms with Crippen molar-refractivity contribution in [1.82, 2.24) is 9.88 Å². The highest BCUT2D eigenvalue weighted by Crippen LogP contribution is 2.39. The van der Waals surface area contributed by atoms with Crippen molar-refractivity contribution >= 4 is 11.3 Å². The molecule has 1 saturated heterocycles. The van der Waals surface area contributed by atoms with Crippen LogP contribution in [0.5, 0.6) is 5.88 Å². The maximum absolute atomic E-state index is 6.05. The molecule has 1 atom stereocenters. The number of thiophene rings is 1. The molecule has 0 spiro atoms. The Morgan fingerprint density at radius 2 is 2.18 bits per heavy atom. The lowest BCUT2D eigenvalue weighted by molar-refractivity contribution is 0.193. The lowest BCUT2D eigenvalue weighted by Crippen LogP contribution is -2.26.